The number of hydrogen-bond donors (Lipinski definition) is 3. The first-order chi connectivity index (χ1) is 19.1. The molecule has 3 rings (SSSR count). The zero-order valence-electron chi connectivity index (χ0n) is 22.8. The highest BCUT2D eigenvalue weighted by Crippen LogP contribution is 2.44. The number of carbonyl (C=O) groups is 2. The van der Waals surface area contributed by atoms with Gasteiger partial charge in [-0.2, -0.15) is 5.10 Å². The molecule has 2 heterocycles. The molecule has 0 atom stereocenters. The molecule has 0 bridgehead atoms. The van der Waals surface area contributed by atoms with E-state index in [0.717, 1.165) is 13.0 Å². The number of nitrogens with zero attached hydrogens (tertiary/aromatic N) is 6. The van der Waals surface area contributed by atoms with Crippen molar-refractivity contribution in [3.63, 3.8) is 0 Å². The predicted molar refractivity (Wildman–Crippen MR) is 157 cm³/mol. The van der Waals surface area contributed by atoms with E-state index in [4.69, 9.17) is 32.7 Å². The van der Waals surface area contributed by atoms with E-state index in [1.165, 1.54) is 44.6 Å². The fraction of sp³-hybridized carbons (Fsp3) is 0.320. The molecule has 0 saturated heterocycles. The van der Waals surface area contributed by atoms with Gasteiger partial charge in [-0.05, 0) is 33.1 Å². The summed E-state index contributed by atoms with van der Waals surface area (Å²) in [6, 6.07) is 2.47. The van der Waals surface area contributed by atoms with Gasteiger partial charge in [-0.3, -0.25) is 14.4 Å². The summed E-state index contributed by atoms with van der Waals surface area (Å²) < 4.78 is 12.2. The lowest BCUT2D eigenvalue weighted by Crippen LogP contribution is -2.32. The average molecular weight is 592 g/mol. The van der Waals surface area contributed by atoms with Crippen molar-refractivity contribution in [3.05, 3.63) is 47.4 Å². The topological polar surface area (TPSA) is 139 Å². The smallest absolute Gasteiger partial charge is 0.327 e. The molecular weight excluding hydrogens is 561 g/mol. The number of amides is 3. The molecule has 0 aliphatic heterocycles. The molecule has 13 nitrogen and oxygen atoms in total. The van der Waals surface area contributed by atoms with Gasteiger partial charge in [0.25, 0.3) is 0 Å². The highest BCUT2D eigenvalue weighted by molar-refractivity contribution is 6.41. The summed E-state index contributed by atoms with van der Waals surface area (Å²) in [4.78, 5) is 36.8. The molecule has 1 aromatic carbocycles. The Bertz CT molecular complexity index is 1350. The van der Waals surface area contributed by atoms with Crippen molar-refractivity contribution in [2.75, 3.05) is 62.8 Å². The van der Waals surface area contributed by atoms with Crippen LogP contribution >= 0.6 is 23.2 Å². The molecule has 3 aromatic rings. The van der Waals surface area contributed by atoms with Crippen LogP contribution in [0.25, 0.3) is 0 Å². The minimum absolute atomic E-state index is 0.107. The van der Waals surface area contributed by atoms with Gasteiger partial charge in [0, 0.05) is 25.7 Å². The van der Waals surface area contributed by atoms with Crippen LogP contribution in [-0.4, -0.2) is 78.5 Å². The summed E-state index contributed by atoms with van der Waals surface area (Å²) in [5.41, 5.74) is 0.559. The van der Waals surface area contributed by atoms with Gasteiger partial charge in [0.05, 0.1) is 26.1 Å². The van der Waals surface area contributed by atoms with E-state index in [-0.39, 0.29) is 39.0 Å². The maximum absolute atomic E-state index is 13.1. The zero-order valence-corrected chi connectivity index (χ0v) is 24.3. The van der Waals surface area contributed by atoms with Gasteiger partial charge in [-0.1, -0.05) is 29.8 Å². The van der Waals surface area contributed by atoms with E-state index in [9.17, 15) is 9.59 Å². The summed E-state index contributed by atoms with van der Waals surface area (Å²) in [7, 11) is 8.36. The van der Waals surface area contributed by atoms with Gasteiger partial charge in [0.15, 0.2) is 5.82 Å². The second kappa shape index (κ2) is 13.8. The van der Waals surface area contributed by atoms with Crippen LogP contribution in [0.4, 0.5) is 33.6 Å². The van der Waals surface area contributed by atoms with E-state index >= 15 is 0 Å². The number of aryl methyl sites for hydroxylation is 1. The molecule has 0 aliphatic carbocycles. The minimum Gasteiger partial charge on any atom is -0.495 e. The summed E-state index contributed by atoms with van der Waals surface area (Å²) in [6.45, 7) is 5.00. The highest BCUT2D eigenvalue weighted by Gasteiger charge is 2.22. The van der Waals surface area contributed by atoms with Gasteiger partial charge >= 0.3 is 6.03 Å². The Kier molecular flexibility index (Phi) is 10.5. The second-order valence-corrected chi connectivity index (χ2v) is 9.42. The van der Waals surface area contributed by atoms with E-state index in [1.807, 2.05) is 14.1 Å². The molecule has 40 heavy (non-hydrogen) atoms. The van der Waals surface area contributed by atoms with Crippen molar-refractivity contribution in [1.82, 2.24) is 24.6 Å². The molecule has 214 valence electrons. The number of anilines is 5. The highest BCUT2D eigenvalue weighted by atomic mass is 35.5. The Morgan fingerprint density at radius 3 is 2.35 bits per heavy atom. The number of ether oxygens (including phenoxy) is 2. The Morgan fingerprint density at radius 2 is 1.75 bits per heavy atom. The Morgan fingerprint density at radius 1 is 1.07 bits per heavy atom. The summed E-state index contributed by atoms with van der Waals surface area (Å²) in [6.07, 6.45) is 5.02. The number of methoxy groups -OCH3 is 2. The second-order valence-electron chi connectivity index (χ2n) is 8.66. The number of carbonyl (C=O) groups excluding carboxylic acids is 2. The molecule has 15 heteroatoms. The Hall–Kier alpha value is -4.07. The maximum Gasteiger partial charge on any atom is 0.327 e. The van der Waals surface area contributed by atoms with Gasteiger partial charge in [-0.15, -0.1) is 0 Å². The molecular formula is C25H31Cl2N9O4. The lowest BCUT2D eigenvalue weighted by Gasteiger charge is -2.20. The maximum atomic E-state index is 13.1. The number of benzene rings is 1. The van der Waals surface area contributed by atoms with Crippen molar-refractivity contribution in [2.45, 2.75) is 13.0 Å². The SMILES string of the molecule is C=CC(=O)Nc1cn(CCCN(C)C)nc1Nc1cc(N(C)C(=O)Nc2c(Cl)c(OC)cc(OC)c2Cl)ncn1. The minimum atomic E-state index is -0.590. The van der Waals surface area contributed by atoms with Crippen molar-refractivity contribution in [2.24, 2.45) is 0 Å². The number of urea groups is 1. The van der Waals surface area contributed by atoms with Crippen molar-refractivity contribution in [3.8, 4) is 11.5 Å². The number of nitrogens with one attached hydrogen (secondary N) is 3. The van der Waals surface area contributed by atoms with Crippen molar-refractivity contribution < 1.29 is 19.1 Å². The summed E-state index contributed by atoms with van der Waals surface area (Å²) >= 11 is 12.8. The lowest BCUT2D eigenvalue weighted by atomic mass is 10.2. The van der Waals surface area contributed by atoms with Crippen LogP contribution in [0.3, 0.4) is 0 Å². The molecule has 2 aromatic heterocycles. The first-order valence-corrected chi connectivity index (χ1v) is 12.7. The third-order valence-electron chi connectivity index (χ3n) is 5.55. The third kappa shape index (κ3) is 7.52. The van der Waals surface area contributed by atoms with Crippen LogP contribution in [0.1, 0.15) is 6.42 Å². The molecule has 0 unspecified atom stereocenters. The summed E-state index contributed by atoms with van der Waals surface area (Å²) in [5, 5.41) is 13.2. The van der Waals surface area contributed by atoms with Crippen LogP contribution < -0.4 is 30.3 Å². The van der Waals surface area contributed by atoms with Crippen molar-refractivity contribution >= 4 is 64.0 Å². The standard InChI is InChI=1S/C25H31Cl2N9O4/c1-7-20(37)30-15-13-36(10-8-9-34(2)3)33-24(15)31-18-12-19(29-14-28-18)35(4)25(38)32-23-21(26)16(39-5)11-17(40-6)22(23)27/h7,11-14H,1,8-10H2,2-6H3,(H,30,37)(H,32,38)(H,28,29,31,33). The molecule has 0 fully saturated rings. The van der Waals surface area contributed by atoms with Crippen LogP contribution in [0, 0.1) is 0 Å². The van der Waals surface area contributed by atoms with Gasteiger partial charge in [0.1, 0.15) is 45.2 Å². The fourth-order valence-corrected chi connectivity index (χ4v) is 4.06. The molecule has 0 aliphatic rings. The first-order valence-electron chi connectivity index (χ1n) is 12.0. The normalized spacial score (nSPS) is 10.7. The van der Waals surface area contributed by atoms with Crippen LogP contribution in [-0.2, 0) is 11.3 Å². The van der Waals surface area contributed by atoms with Crippen molar-refractivity contribution in [1.29, 1.82) is 0 Å². The lowest BCUT2D eigenvalue weighted by molar-refractivity contribution is -0.111. The van der Waals surface area contributed by atoms with Gasteiger partial charge < -0.3 is 30.3 Å². The number of aromatic nitrogens is 4. The predicted octanol–water partition coefficient (Wildman–Crippen LogP) is 4.49. The van der Waals surface area contributed by atoms with E-state index in [2.05, 4.69) is 42.5 Å². The van der Waals surface area contributed by atoms with E-state index < -0.39 is 6.03 Å². The summed E-state index contributed by atoms with van der Waals surface area (Å²) in [5.74, 6) is 1.10. The molecule has 0 spiro atoms. The average Bonchev–Trinajstić information content (AvgIpc) is 3.30. The van der Waals surface area contributed by atoms with Crippen LogP contribution in [0.15, 0.2) is 37.3 Å². The zero-order chi connectivity index (χ0) is 29.4. The fourth-order valence-electron chi connectivity index (χ4n) is 3.46. The Balaban J connectivity index is 1.82. The van der Waals surface area contributed by atoms with Crippen LogP contribution in [0.5, 0.6) is 11.5 Å². The number of hydrogen-bond acceptors (Lipinski definition) is 9. The molecule has 0 radical (unpaired) electrons. The van der Waals surface area contributed by atoms with Gasteiger partial charge in [0.2, 0.25) is 5.91 Å². The number of halogens is 2. The Labute approximate surface area is 242 Å². The molecule has 0 saturated carbocycles. The van der Waals surface area contributed by atoms with E-state index in [1.54, 1.807) is 16.9 Å². The number of rotatable bonds is 12. The van der Waals surface area contributed by atoms with E-state index in [0.29, 0.717) is 23.9 Å². The first kappa shape index (κ1) is 30.5. The third-order valence-corrected chi connectivity index (χ3v) is 6.30. The van der Waals surface area contributed by atoms with Crippen LogP contribution in [0.2, 0.25) is 10.0 Å². The quantitative estimate of drug-likeness (QED) is 0.260. The monoisotopic (exact) mass is 591 g/mol. The van der Waals surface area contributed by atoms with Gasteiger partial charge in [-0.25, -0.2) is 14.8 Å². The molecule has 3 amide bonds. The molecule has 3 N–H and O–H groups in total. The largest absolute Gasteiger partial charge is 0.495 e.